The van der Waals surface area contributed by atoms with E-state index in [0.29, 0.717) is 24.2 Å². The highest BCUT2D eigenvalue weighted by Gasteiger charge is 2.21. The van der Waals surface area contributed by atoms with Gasteiger partial charge in [-0.15, -0.1) is 0 Å². The van der Waals surface area contributed by atoms with Crippen LogP contribution in [0.5, 0.6) is 0 Å². The molecule has 2 aromatic heterocycles. The molecular weight excluding hydrogens is 325 g/mol. The normalized spacial score (nSPS) is 12.1. The van der Waals surface area contributed by atoms with Gasteiger partial charge in [-0.2, -0.15) is 11.3 Å². The molecule has 0 spiro atoms. The molecule has 1 atom stereocenters. The lowest BCUT2D eigenvalue weighted by Crippen LogP contribution is -2.31. The van der Waals surface area contributed by atoms with Crippen LogP contribution in [0.15, 0.2) is 53.5 Å². The number of carbonyl (C=O) groups is 1. The summed E-state index contributed by atoms with van der Waals surface area (Å²) in [4.78, 5) is 16.7. The lowest BCUT2D eigenvalue weighted by Gasteiger charge is -2.19. The van der Waals surface area contributed by atoms with Crippen molar-refractivity contribution in [1.82, 2.24) is 14.9 Å². The first-order valence-electron chi connectivity index (χ1n) is 7.66. The zero-order chi connectivity index (χ0) is 16.9. The number of nitrogens with one attached hydrogen (secondary N) is 1. The number of nitrogens with zero attached hydrogens (tertiary/aromatic N) is 2. The molecule has 1 N–H and O–H groups in total. The minimum atomic E-state index is -0.476. The fourth-order valence-electron chi connectivity index (χ4n) is 2.56. The zero-order valence-electron chi connectivity index (χ0n) is 13.3. The van der Waals surface area contributed by atoms with Crippen molar-refractivity contribution in [1.29, 1.82) is 0 Å². The minimum Gasteiger partial charge on any atom is -0.342 e. The number of amides is 1. The van der Waals surface area contributed by atoms with Gasteiger partial charge >= 0.3 is 0 Å². The van der Waals surface area contributed by atoms with E-state index in [1.807, 2.05) is 28.4 Å². The summed E-state index contributed by atoms with van der Waals surface area (Å²) in [5.41, 5.74) is 1.82. The number of aromatic nitrogens is 2. The van der Waals surface area contributed by atoms with Crippen LogP contribution in [0.3, 0.4) is 0 Å². The van der Waals surface area contributed by atoms with Gasteiger partial charge in [0.2, 0.25) is 5.91 Å². The fourth-order valence-corrected chi connectivity index (χ4v) is 3.27. The van der Waals surface area contributed by atoms with Crippen molar-refractivity contribution >= 4 is 17.2 Å². The van der Waals surface area contributed by atoms with Crippen LogP contribution < -0.4 is 5.32 Å². The third-order valence-electron chi connectivity index (χ3n) is 3.82. The second kappa shape index (κ2) is 7.40. The van der Waals surface area contributed by atoms with E-state index in [9.17, 15) is 9.18 Å². The monoisotopic (exact) mass is 343 g/mol. The molecule has 3 aromatic rings. The largest absolute Gasteiger partial charge is 0.342 e. The average Bonchev–Trinajstić information content (AvgIpc) is 3.22. The van der Waals surface area contributed by atoms with Crippen molar-refractivity contribution < 1.29 is 9.18 Å². The number of hydrogen-bond donors (Lipinski definition) is 1. The summed E-state index contributed by atoms with van der Waals surface area (Å²) >= 11 is 1.62. The smallest absolute Gasteiger partial charge is 0.221 e. The Hall–Kier alpha value is -2.47. The van der Waals surface area contributed by atoms with Crippen LogP contribution in [-0.2, 0) is 18.3 Å². The summed E-state index contributed by atoms with van der Waals surface area (Å²) < 4.78 is 15.4. The maximum absolute atomic E-state index is 13.6. The van der Waals surface area contributed by atoms with Gasteiger partial charge < -0.3 is 9.88 Å². The molecule has 24 heavy (non-hydrogen) atoms. The predicted octanol–water partition coefficient (Wildman–Crippen LogP) is 3.46. The highest BCUT2D eigenvalue weighted by atomic mass is 32.1. The predicted molar refractivity (Wildman–Crippen MR) is 92.2 cm³/mol. The first-order valence-corrected chi connectivity index (χ1v) is 8.61. The number of carbonyl (C=O) groups excluding carboxylic acids is 1. The summed E-state index contributed by atoms with van der Waals surface area (Å²) in [7, 11) is 1.85. The summed E-state index contributed by atoms with van der Waals surface area (Å²) in [5.74, 6) is 0.252. The van der Waals surface area contributed by atoms with Crippen LogP contribution in [-0.4, -0.2) is 15.5 Å². The van der Waals surface area contributed by atoms with Crippen LogP contribution in [0.25, 0.3) is 0 Å². The first kappa shape index (κ1) is 16.4. The maximum atomic E-state index is 13.6. The Morgan fingerprint density at radius 1 is 1.42 bits per heavy atom. The van der Waals surface area contributed by atoms with E-state index in [0.717, 1.165) is 5.56 Å². The number of aryl methyl sites for hydroxylation is 2. The molecule has 0 aliphatic heterocycles. The maximum Gasteiger partial charge on any atom is 0.221 e. The SMILES string of the molecule is Cn1ccnc1C(NC(=O)CCc1ccsc1)c1cccc(F)c1. The molecule has 1 aromatic carbocycles. The van der Waals surface area contributed by atoms with Crippen molar-refractivity contribution in [2.75, 3.05) is 0 Å². The Balaban J connectivity index is 1.77. The van der Waals surface area contributed by atoms with Crippen LogP contribution in [0, 0.1) is 5.82 Å². The van der Waals surface area contributed by atoms with Gasteiger partial charge in [-0.05, 0) is 46.5 Å². The molecule has 0 bridgehead atoms. The van der Waals surface area contributed by atoms with Crippen molar-refractivity contribution in [2.24, 2.45) is 7.05 Å². The van der Waals surface area contributed by atoms with Gasteiger partial charge in [0.25, 0.3) is 0 Å². The number of rotatable bonds is 6. The quantitative estimate of drug-likeness (QED) is 0.745. The number of imidazole rings is 1. The molecule has 0 radical (unpaired) electrons. The average molecular weight is 343 g/mol. The summed E-state index contributed by atoms with van der Waals surface area (Å²) in [5, 5.41) is 7.02. The second-order valence-electron chi connectivity index (χ2n) is 5.58. The van der Waals surface area contributed by atoms with E-state index in [-0.39, 0.29) is 11.7 Å². The van der Waals surface area contributed by atoms with Crippen molar-refractivity contribution in [3.05, 3.63) is 76.3 Å². The van der Waals surface area contributed by atoms with Gasteiger partial charge in [-0.1, -0.05) is 12.1 Å². The number of hydrogen-bond acceptors (Lipinski definition) is 3. The van der Waals surface area contributed by atoms with Gasteiger partial charge in [0.1, 0.15) is 17.7 Å². The fraction of sp³-hybridized carbons (Fsp3) is 0.222. The third-order valence-corrected chi connectivity index (χ3v) is 4.56. The first-order chi connectivity index (χ1) is 11.6. The second-order valence-corrected chi connectivity index (χ2v) is 6.36. The molecule has 0 saturated heterocycles. The van der Waals surface area contributed by atoms with Crippen molar-refractivity contribution in [2.45, 2.75) is 18.9 Å². The number of thiophene rings is 1. The van der Waals surface area contributed by atoms with E-state index in [1.165, 1.54) is 12.1 Å². The summed E-state index contributed by atoms with van der Waals surface area (Å²) in [6.45, 7) is 0. The van der Waals surface area contributed by atoms with Crippen LogP contribution in [0.1, 0.15) is 29.4 Å². The van der Waals surface area contributed by atoms with Crippen LogP contribution in [0.2, 0.25) is 0 Å². The van der Waals surface area contributed by atoms with E-state index in [4.69, 9.17) is 0 Å². The van der Waals surface area contributed by atoms with E-state index in [2.05, 4.69) is 10.3 Å². The van der Waals surface area contributed by atoms with Gasteiger partial charge in [0, 0.05) is 25.9 Å². The molecule has 2 heterocycles. The Morgan fingerprint density at radius 3 is 2.96 bits per heavy atom. The molecule has 0 aliphatic carbocycles. The molecule has 0 fully saturated rings. The highest BCUT2D eigenvalue weighted by Crippen LogP contribution is 2.21. The minimum absolute atomic E-state index is 0.0848. The molecule has 3 rings (SSSR count). The van der Waals surface area contributed by atoms with E-state index >= 15 is 0 Å². The number of halogens is 1. The van der Waals surface area contributed by atoms with Gasteiger partial charge in [0.15, 0.2) is 0 Å². The molecule has 6 heteroatoms. The Bertz CT molecular complexity index is 813. The molecular formula is C18H18FN3OS. The molecule has 124 valence electrons. The van der Waals surface area contributed by atoms with Gasteiger partial charge in [-0.3, -0.25) is 4.79 Å². The van der Waals surface area contributed by atoms with E-state index < -0.39 is 6.04 Å². The van der Waals surface area contributed by atoms with Crippen LogP contribution >= 0.6 is 11.3 Å². The molecule has 0 saturated carbocycles. The Morgan fingerprint density at radius 2 is 2.29 bits per heavy atom. The Kier molecular flexibility index (Phi) is 5.05. The Labute approximate surface area is 144 Å². The van der Waals surface area contributed by atoms with Gasteiger partial charge in [-0.25, -0.2) is 9.37 Å². The zero-order valence-corrected chi connectivity index (χ0v) is 14.1. The molecule has 4 nitrogen and oxygen atoms in total. The van der Waals surface area contributed by atoms with Gasteiger partial charge in [0.05, 0.1) is 0 Å². The van der Waals surface area contributed by atoms with Crippen LogP contribution in [0.4, 0.5) is 4.39 Å². The standard InChI is InChI=1S/C18H18FN3OS/c1-22-9-8-20-18(22)17(14-3-2-4-15(19)11-14)21-16(23)6-5-13-7-10-24-12-13/h2-4,7-12,17H,5-6H2,1H3,(H,21,23). The van der Waals surface area contributed by atoms with E-state index in [1.54, 1.807) is 35.9 Å². The molecule has 1 amide bonds. The summed E-state index contributed by atoms with van der Waals surface area (Å²) in [6.07, 6.45) is 4.54. The third kappa shape index (κ3) is 3.89. The van der Waals surface area contributed by atoms with Crippen molar-refractivity contribution in [3.8, 4) is 0 Å². The molecule has 0 aliphatic rings. The lowest BCUT2D eigenvalue weighted by atomic mass is 10.1. The highest BCUT2D eigenvalue weighted by molar-refractivity contribution is 7.07. The summed E-state index contributed by atoms with van der Waals surface area (Å²) in [6, 6.07) is 7.78. The number of benzene rings is 1. The molecule has 1 unspecified atom stereocenters. The topological polar surface area (TPSA) is 46.9 Å². The van der Waals surface area contributed by atoms with Crippen molar-refractivity contribution in [3.63, 3.8) is 0 Å². The lowest BCUT2D eigenvalue weighted by molar-refractivity contribution is -0.121.